The minimum absolute atomic E-state index is 0.285. The number of carbonyl (C=O) groups excluding carboxylic acids is 1. The van der Waals surface area contributed by atoms with E-state index in [2.05, 4.69) is 10.3 Å². The van der Waals surface area contributed by atoms with E-state index < -0.39 is 17.6 Å². The van der Waals surface area contributed by atoms with Gasteiger partial charge in [0.05, 0.1) is 5.56 Å². The molecule has 1 heterocycles. The molecule has 0 saturated heterocycles. The Balaban J connectivity index is 1.60. The number of amides is 1. The second-order valence-corrected chi connectivity index (χ2v) is 7.43. The third-order valence-electron chi connectivity index (χ3n) is 3.72. The zero-order valence-corrected chi connectivity index (χ0v) is 15.9. The average Bonchev–Trinajstić information content (AvgIpc) is 3.08. The summed E-state index contributed by atoms with van der Waals surface area (Å²) in [7, 11) is 0. The fourth-order valence-corrected chi connectivity index (χ4v) is 3.36. The molecular weight excluding hydrogens is 409 g/mol. The largest absolute Gasteiger partial charge is 0.416 e. The van der Waals surface area contributed by atoms with Crippen molar-refractivity contribution in [2.24, 2.45) is 0 Å². The molecule has 0 bridgehead atoms. The summed E-state index contributed by atoms with van der Waals surface area (Å²) in [5.74, 6) is -0.468. The van der Waals surface area contributed by atoms with Crippen molar-refractivity contribution in [1.82, 2.24) is 4.98 Å². The van der Waals surface area contributed by atoms with Crippen molar-refractivity contribution in [2.75, 3.05) is 5.32 Å². The van der Waals surface area contributed by atoms with Crippen LogP contribution in [0.1, 0.15) is 21.6 Å². The lowest BCUT2D eigenvalue weighted by Gasteiger charge is -2.06. The van der Waals surface area contributed by atoms with Gasteiger partial charge < -0.3 is 0 Å². The van der Waals surface area contributed by atoms with Gasteiger partial charge in [0, 0.05) is 28.6 Å². The second-order valence-electron chi connectivity index (χ2n) is 5.88. The number of thiazole rings is 1. The minimum atomic E-state index is -4.42. The summed E-state index contributed by atoms with van der Waals surface area (Å²) in [5, 5.41) is 3.69. The lowest BCUT2D eigenvalue weighted by Crippen LogP contribution is -2.07. The monoisotopic (exact) mass is 422 g/mol. The van der Waals surface area contributed by atoms with Crippen molar-refractivity contribution < 1.29 is 18.0 Å². The van der Waals surface area contributed by atoms with Crippen molar-refractivity contribution in [1.29, 1.82) is 0 Å². The third-order valence-corrected chi connectivity index (χ3v) is 4.88. The first-order chi connectivity index (χ1) is 13.3. The summed E-state index contributed by atoms with van der Waals surface area (Å²) in [5.41, 5.74) is 0.588. The first kappa shape index (κ1) is 20.1. The Morgan fingerprint density at radius 2 is 1.93 bits per heavy atom. The van der Waals surface area contributed by atoms with Crippen molar-refractivity contribution >= 4 is 40.1 Å². The summed E-state index contributed by atoms with van der Waals surface area (Å²) in [4.78, 5) is 17.1. The van der Waals surface area contributed by atoms with E-state index in [4.69, 9.17) is 11.6 Å². The van der Waals surface area contributed by atoms with Crippen molar-refractivity contribution in [3.05, 3.63) is 87.4 Å². The Bertz CT molecular complexity index is 997. The van der Waals surface area contributed by atoms with Gasteiger partial charge in [-0.1, -0.05) is 35.9 Å². The molecule has 0 atom stereocenters. The highest BCUT2D eigenvalue weighted by atomic mass is 35.5. The second kappa shape index (κ2) is 8.58. The molecule has 8 heteroatoms. The summed E-state index contributed by atoms with van der Waals surface area (Å²) in [6.45, 7) is 0. The molecule has 2 aromatic carbocycles. The average molecular weight is 423 g/mol. The molecule has 3 rings (SSSR count). The molecule has 0 aliphatic heterocycles. The number of halogens is 4. The highest BCUT2D eigenvalue weighted by molar-refractivity contribution is 7.15. The lowest BCUT2D eigenvalue weighted by atomic mass is 10.1. The molecule has 3 nitrogen and oxygen atoms in total. The highest BCUT2D eigenvalue weighted by Gasteiger charge is 2.30. The number of nitrogens with zero attached hydrogens (tertiary/aromatic N) is 1. The predicted molar refractivity (Wildman–Crippen MR) is 105 cm³/mol. The van der Waals surface area contributed by atoms with Gasteiger partial charge in [-0.2, -0.15) is 13.2 Å². The maximum absolute atomic E-state index is 12.7. The van der Waals surface area contributed by atoms with E-state index in [0.29, 0.717) is 16.6 Å². The molecule has 0 spiro atoms. The molecule has 0 radical (unpaired) electrons. The minimum Gasteiger partial charge on any atom is -0.298 e. The van der Waals surface area contributed by atoms with E-state index >= 15 is 0 Å². The topological polar surface area (TPSA) is 42.0 Å². The van der Waals surface area contributed by atoms with Crippen LogP contribution >= 0.6 is 22.9 Å². The Kier molecular flexibility index (Phi) is 6.16. The van der Waals surface area contributed by atoms with Crippen molar-refractivity contribution in [3.63, 3.8) is 0 Å². The zero-order valence-electron chi connectivity index (χ0n) is 14.3. The Hall–Kier alpha value is -2.64. The SMILES string of the molecule is O=C(/C=C\c1cccc(C(F)(F)F)c1)Nc1ncc(Cc2ccc(Cl)cc2)s1. The number of rotatable bonds is 5. The first-order valence-electron chi connectivity index (χ1n) is 8.15. The smallest absolute Gasteiger partial charge is 0.298 e. The Morgan fingerprint density at radius 1 is 1.18 bits per heavy atom. The van der Waals surface area contributed by atoms with E-state index in [1.807, 2.05) is 12.1 Å². The van der Waals surface area contributed by atoms with Crippen LogP contribution < -0.4 is 5.32 Å². The summed E-state index contributed by atoms with van der Waals surface area (Å²) < 4.78 is 38.1. The van der Waals surface area contributed by atoms with Gasteiger partial charge in [-0.15, -0.1) is 11.3 Å². The zero-order chi connectivity index (χ0) is 20.1. The lowest BCUT2D eigenvalue weighted by molar-refractivity contribution is -0.137. The van der Waals surface area contributed by atoms with Gasteiger partial charge >= 0.3 is 6.18 Å². The molecule has 0 saturated carbocycles. The van der Waals surface area contributed by atoms with E-state index in [1.54, 1.807) is 18.3 Å². The molecule has 28 heavy (non-hydrogen) atoms. The summed E-state index contributed by atoms with van der Waals surface area (Å²) in [6, 6.07) is 12.2. The van der Waals surface area contributed by atoms with E-state index in [0.717, 1.165) is 22.6 Å². The number of benzene rings is 2. The molecule has 1 N–H and O–H groups in total. The number of hydrogen-bond acceptors (Lipinski definition) is 3. The molecule has 3 aromatic rings. The van der Waals surface area contributed by atoms with E-state index in [-0.39, 0.29) is 5.56 Å². The summed E-state index contributed by atoms with van der Waals surface area (Å²) in [6.07, 6.45) is 0.409. The first-order valence-corrected chi connectivity index (χ1v) is 9.34. The van der Waals surface area contributed by atoms with Crippen LogP contribution in [0.25, 0.3) is 6.08 Å². The fourth-order valence-electron chi connectivity index (χ4n) is 2.39. The molecular formula is C20H14ClF3N2OS. The van der Waals surface area contributed by atoms with Crippen LogP contribution in [-0.4, -0.2) is 10.9 Å². The molecule has 0 unspecified atom stereocenters. The number of nitrogens with one attached hydrogen (secondary N) is 1. The van der Waals surface area contributed by atoms with Crippen LogP contribution in [0.3, 0.4) is 0 Å². The van der Waals surface area contributed by atoms with Crippen LogP contribution in [0.15, 0.2) is 60.8 Å². The Morgan fingerprint density at radius 3 is 2.64 bits per heavy atom. The molecule has 0 fully saturated rings. The van der Waals surface area contributed by atoms with Crippen LogP contribution in [0.2, 0.25) is 5.02 Å². The van der Waals surface area contributed by atoms with Crippen molar-refractivity contribution in [3.8, 4) is 0 Å². The number of hydrogen-bond donors (Lipinski definition) is 1. The number of alkyl halides is 3. The van der Waals surface area contributed by atoms with Gasteiger partial charge in [-0.05, 0) is 41.5 Å². The highest BCUT2D eigenvalue weighted by Crippen LogP contribution is 2.29. The fraction of sp³-hybridized carbons (Fsp3) is 0.100. The van der Waals surface area contributed by atoms with Crippen LogP contribution in [0.4, 0.5) is 18.3 Å². The van der Waals surface area contributed by atoms with Gasteiger partial charge in [0.25, 0.3) is 0 Å². The maximum atomic E-state index is 12.7. The Labute approximate surface area is 168 Å². The standard InChI is InChI=1S/C20H14ClF3N2OS/c21-16-7-4-14(5-8-16)11-17-12-25-19(28-17)26-18(27)9-6-13-2-1-3-15(10-13)20(22,23)24/h1-10,12H,11H2,(H,25,26,27)/b9-6-. The van der Waals surface area contributed by atoms with Gasteiger partial charge in [0.1, 0.15) is 0 Å². The normalized spacial score (nSPS) is 11.7. The van der Waals surface area contributed by atoms with Crippen molar-refractivity contribution in [2.45, 2.75) is 12.6 Å². The van der Waals surface area contributed by atoms with Crippen LogP contribution in [0, 0.1) is 0 Å². The predicted octanol–water partition coefficient (Wildman–Crippen LogP) is 6.06. The van der Waals surface area contributed by atoms with Crippen LogP contribution in [0.5, 0.6) is 0 Å². The molecule has 0 aliphatic rings. The van der Waals surface area contributed by atoms with Gasteiger partial charge in [-0.3, -0.25) is 10.1 Å². The molecule has 144 valence electrons. The van der Waals surface area contributed by atoms with E-state index in [1.165, 1.54) is 35.6 Å². The molecule has 1 amide bonds. The molecule has 0 aliphatic carbocycles. The third kappa shape index (κ3) is 5.68. The van der Waals surface area contributed by atoms with Crippen LogP contribution in [-0.2, 0) is 17.4 Å². The number of carbonyl (C=O) groups is 1. The van der Waals surface area contributed by atoms with E-state index in [9.17, 15) is 18.0 Å². The number of aromatic nitrogens is 1. The number of anilines is 1. The quantitative estimate of drug-likeness (QED) is 0.508. The maximum Gasteiger partial charge on any atom is 0.416 e. The van der Waals surface area contributed by atoms with Gasteiger partial charge in [0.15, 0.2) is 5.13 Å². The summed E-state index contributed by atoms with van der Waals surface area (Å²) >= 11 is 7.19. The van der Waals surface area contributed by atoms with Gasteiger partial charge in [0.2, 0.25) is 5.91 Å². The van der Waals surface area contributed by atoms with Gasteiger partial charge in [-0.25, -0.2) is 4.98 Å². The molecule has 1 aromatic heterocycles.